The third kappa shape index (κ3) is 7.06. The summed E-state index contributed by atoms with van der Waals surface area (Å²) in [4.78, 5) is 29.5. The molecule has 0 saturated heterocycles. The number of fused-ring (bicyclic) bond motifs is 1. The van der Waals surface area contributed by atoms with Crippen molar-refractivity contribution in [2.75, 3.05) is 20.3 Å². The Labute approximate surface area is 229 Å². The summed E-state index contributed by atoms with van der Waals surface area (Å²) in [6.07, 6.45) is 2.63. The number of ether oxygens (including phenoxy) is 2. The highest BCUT2D eigenvalue weighted by Gasteiger charge is 2.29. The van der Waals surface area contributed by atoms with Crippen molar-refractivity contribution in [2.45, 2.75) is 38.6 Å². The second-order valence-electron chi connectivity index (χ2n) is 10.0. The molecule has 0 aliphatic rings. The lowest BCUT2D eigenvalue weighted by atomic mass is 9.90. The topological polar surface area (TPSA) is 106 Å². The molecule has 0 saturated carbocycles. The monoisotopic (exact) mass is 527 g/mol. The standard InChI is InChI=1S/C32H37N3O4/c1-21(2)22-12-15-24(16-13-22)39-20-29(36)27(32(33)26-18-34-28-10-6-5-9-25(26)28)19-35-31(37)17-14-23-8-4-7-11-30(23)38-3/h4-13,15-16,18,21,27,32,34H,14,17,19-20,33H2,1-3H3,(H,35,37). The van der Waals surface area contributed by atoms with E-state index in [-0.39, 0.29) is 31.3 Å². The van der Waals surface area contributed by atoms with Crippen molar-refractivity contribution in [1.29, 1.82) is 0 Å². The van der Waals surface area contributed by atoms with Crippen molar-refractivity contribution in [3.8, 4) is 11.5 Å². The van der Waals surface area contributed by atoms with Gasteiger partial charge >= 0.3 is 0 Å². The van der Waals surface area contributed by atoms with Gasteiger partial charge in [-0.2, -0.15) is 0 Å². The fourth-order valence-electron chi connectivity index (χ4n) is 4.71. The summed E-state index contributed by atoms with van der Waals surface area (Å²) in [7, 11) is 1.61. The van der Waals surface area contributed by atoms with Crippen LogP contribution in [0.15, 0.2) is 79.0 Å². The molecule has 0 spiro atoms. The zero-order chi connectivity index (χ0) is 27.8. The van der Waals surface area contributed by atoms with E-state index in [9.17, 15) is 9.59 Å². The van der Waals surface area contributed by atoms with Crippen molar-refractivity contribution in [2.24, 2.45) is 11.7 Å². The van der Waals surface area contributed by atoms with Gasteiger partial charge in [-0.15, -0.1) is 0 Å². The average Bonchev–Trinajstić information content (AvgIpc) is 3.39. The molecule has 0 bridgehead atoms. The van der Waals surface area contributed by atoms with E-state index >= 15 is 0 Å². The van der Waals surface area contributed by atoms with Gasteiger partial charge in [0, 0.05) is 36.1 Å². The molecule has 7 heteroatoms. The zero-order valence-corrected chi connectivity index (χ0v) is 22.8. The highest BCUT2D eigenvalue weighted by atomic mass is 16.5. The fraction of sp³-hybridized carbons (Fsp3) is 0.312. The van der Waals surface area contributed by atoms with E-state index in [1.165, 1.54) is 5.56 Å². The molecule has 39 heavy (non-hydrogen) atoms. The van der Waals surface area contributed by atoms with E-state index < -0.39 is 12.0 Å². The number of nitrogens with one attached hydrogen (secondary N) is 2. The number of carbonyl (C=O) groups excluding carboxylic acids is 2. The predicted octanol–water partition coefficient (Wildman–Crippen LogP) is 5.31. The highest BCUT2D eigenvalue weighted by Crippen LogP contribution is 2.28. The molecule has 204 valence electrons. The number of methoxy groups -OCH3 is 1. The number of H-pyrrole nitrogens is 1. The molecular formula is C32H37N3O4. The normalized spacial score (nSPS) is 12.7. The third-order valence-corrected chi connectivity index (χ3v) is 7.09. The average molecular weight is 528 g/mol. The molecule has 4 N–H and O–H groups in total. The number of ketones is 1. The summed E-state index contributed by atoms with van der Waals surface area (Å²) in [6, 6.07) is 22.6. The summed E-state index contributed by atoms with van der Waals surface area (Å²) in [6.45, 7) is 4.22. The number of rotatable bonds is 13. The van der Waals surface area contributed by atoms with Gasteiger partial charge in [-0.3, -0.25) is 9.59 Å². The molecule has 4 rings (SSSR count). The van der Waals surface area contributed by atoms with Crippen LogP contribution in [0.25, 0.3) is 10.9 Å². The van der Waals surface area contributed by atoms with Crippen molar-refractivity contribution >= 4 is 22.6 Å². The number of Topliss-reactive ketones (excluding diaryl/α,β-unsaturated/α-hetero) is 1. The largest absolute Gasteiger partial charge is 0.496 e. The number of carbonyl (C=O) groups is 2. The first-order valence-corrected chi connectivity index (χ1v) is 13.3. The number of benzene rings is 3. The van der Waals surface area contributed by atoms with Crippen LogP contribution in [-0.2, 0) is 16.0 Å². The molecule has 2 unspecified atom stereocenters. The first-order valence-electron chi connectivity index (χ1n) is 13.3. The van der Waals surface area contributed by atoms with Gasteiger partial charge in [-0.1, -0.05) is 62.4 Å². The van der Waals surface area contributed by atoms with Gasteiger partial charge in [-0.05, 0) is 53.3 Å². The predicted molar refractivity (Wildman–Crippen MR) is 154 cm³/mol. The van der Waals surface area contributed by atoms with Crippen LogP contribution in [0.5, 0.6) is 11.5 Å². The van der Waals surface area contributed by atoms with E-state index in [0.29, 0.717) is 18.1 Å². The Bertz CT molecular complexity index is 1390. The van der Waals surface area contributed by atoms with Gasteiger partial charge in [0.2, 0.25) is 5.91 Å². The van der Waals surface area contributed by atoms with E-state index in [1.807, 2.05) is 79.0 Å². The summed E-state index contributed by atoms with van der Waals surface area (Å²) in [5.74, 6) is 0.771. The van der Waals surface area contributed by atoms with Crippen LogP contribution >= 0.6 is 0 Å². The quantitative estimate of drug-likeness (QED) is 0.218. The third-order valence-electron chi connectivity index (χ3n) is 7.09. The molecule has 1 aromatic heterocycles. The lowest BCUT2D eigenvalue weighted by Crippen LogP contribution is -2.40. The molecule has 0 fully saturated rings. The summed E-state index contributed by atoms with van der Waals surface area (Å²) in [5, 5.41) is 3.89. The number of aromatic amines is 1. The lowest BCUT2D eigenvalue weighted by Gasteiger charge is -2.23. The minimum atomic E-state index is -0.672. The summed E-state index contributed by atoms with van der Waals surface area (Å²) >= 11 is 0. The number of nitrogens with two attached hydrogens (primary N) is 1. The van der Waals surface area contributed by atoms with Crippen molar-refractivity contribution in [1.82, 2.24) is 10.3 Å². The maximum atomic E-state index is 13.5. The molecule has 2 atom stereocenters. The maximum Gasteiger partial charge on any atom is 0.220 e. The number of para-hydroxylation sites is 2. The Morgan fingerprint density at radius 2 is 1.69 bits per heavy atom. The van der Waals surface area contributed by atoms with Gasteiger partial charge in [0.1, 0.15) is 18.1 Å². The summed E-state index contributed by atoms with van der Waals surface area (Å²) in [5.41, 5.74) is 10.6. The van der Waals surface area contributed by atoms with E-state index in [1.54, 1.807) is 7.11 Å². The Hall–Kier alpha value is -4.10. The smallest absolute Gasteiger partial charge is 0.220 e. The van der Waals surface area contributed by atoms with Crippen LogP contribution in [0, 0.1) is 5.92 Å². The number of hydrogen-bond donors (Lipinski definition) is 3. The van der Waals surface area contributed by atoms with Crippen molar-refractivity contribution < 1.29 is 19.1 Å². The minimum absolute atomic E-state index is 0.111. The second kappa shape index (κ2) is 13.1. The number of aromatic nitrogens is 1. The maximum absolute atomic E-state index is 13.5. The number of hydrogen-bond acceptors (Lipinski definition) is 5. The van der Waals surface area contributed by atoms with Crippen LogP contribution in [0.2, 0.25) is 0 Å². The van der Waals surface area contributed by atoms with Gasteiger partial charge in [0.05, 0.1) is 13.0 Å². The zero-order valence-electron chi connectivity index (χ0n) is 22.8. The molecule has 0 radical (unpaired) electrons. The molecule has 1 heterocycles. The van der Waals surface area contributed by atoms with Gasteiger partial charge < -0.3 is 25.5 Å². The van der Waals surface area contributed by atoms with Gasteiger partial charge in [0.25, 0.3) is 0 Å². The molecule has 0 aliphatic heterocycles. The molecule has 4 aromatic rings. The Balaban J connectivity index is 1.45. The number of aryl methyl sites for hydroxylation is 1. The van der Waals surface area contributed by atoms with Crippen LogP contribution in [-0.4, -0.2) is 36.9 Å². The van der Waals surface area contributed by atoms with Crippen LogP contribution in [0.3, 0.4) is 0 Å². The van der Waals surface area contributed by atoms with E-state index in [2.05, 4.69) is 24.1 Å². The SMILES string of the molecule is COc1ccccc1CCC(=O)NCC(C(=O)COc1ccc(C(C)C)cc1)C(N)c1c[nH]c2ccccc12. The second-order valence-corrected chi connectivity index (χ2v) is 10.0. The minimum Gasteiger partial charge on any atom is -0.496 e. The van der Waals surface area contributed by atoms with Crippen LogP contribution < -0.4 is 20.5 Å². The molecule has 3 aromatic carbocycles. The highest BCUT2D eigenvalue weighted by molar-refractivity contribution is 5.88. The molecule has 7 nitrogen and oxygen atoms in total. The lowest BCUT2D eigenvalue weighted by molar-refractivity contribution is -0.126. The first kappa shape index (κ1) is 27.9. The molecule has 1 amide bonds. The van der Waals surface area contributed by atoms with Gasteiger partial charge in [-0.25, -0.2) is 0 Å². The Morgan fingerprint density at radius 1 is 0.974 bits per heavy atom. The number of amides is 1. The van der Waals surface area contributed by atoms with Crippen molar-refractivity contribution in [3.05, 3.63) is 95.7 Å². The Kier molecular flexibility index (Phi) is 9.39. The molecular weight excluding hydrogens is 490 g/mol. The van der Waals surface area contributed by atoms with Crippen LogP contribution in [0.4, 0.5) is 0 Å². The van der Waals surface area contributed by atoms with Crippen LogP contribution in [0.1, 0.15) is 48.9 Å². The Morgan fingerprint density at radius 3 is 2.44 bits per heavy atom. The van der Waals surface area contributed by atoms with E-state index in [4.69, 9.17) is 15.2 Å². The first-order chi connectivity index (χ1) is 18.9. The van der Waals surface area contributed by atoms with Gasteiger partial charge in [0.15, 0.2) is 5.78 Å². The summed E-state index contributed by atoms with van der Waals surface area (Å²) < 4.78 is 11.2. The molecule has 0 aliphatic carbocycles. The van der Waals surface area contributed by atoms with Crippen molar-refractivity contribution in [3.63, 3.8) is 0 Å². The van der Waals surface area contributed by atoms with E-state index in [0.717, 1.165) is 27.8 Å². The fourth-order valence-corrected chi connectivity index (χ4v) is 4.71.